The number of carbonyl (C=O) groups is 1. The minimum atomic E-state index is -1.64. The zero-order valence-corrected chi connectivity index (χ0v) is 16.4. The SMILES string of the molecule is C=CCn1c(SCC(=O)Nc2ccc(F)c(F)c2F)nnc1-c1ccc(Cl)cc1. The quantitative estimate of drug-likeness (QED) is 0.323. The van der Waals surface area contributed by atoms with E-state index in [0.29, 0.717) is 22.5 Å². The second-order valence-corrected chi connectivity index (χ2v) is 7.15. The van der Waals surface area contributed by atoms with Crippen LogP contribution in [0.2, 0.25) is 5.02 Å². The first kappa shape index (κ1) is 20.9. The van der Waals surface area contributed by atoms with Crippen molar-refractivity contribution in [2.45, 2.75) is 11.7 Å². The van der Waals surface area contributed by atoms with Gasteiger partial charge in [0.05, 0.1) is 11.4 Å². The van der Waals surface area contributed by atoms with E-state index in [-0.39, 0.29) is 5.75 Å². The summed E-state index contributed by atoms with van der Waals surface area (Å²) in [6.45, 7) is 4.10. The Bertz CT molecular complexity index is 1060. The molecule has 0 radical (unpaired) electrons. The van der Waals surface area contributed by atoms with Gasteiger partial charge in [-0.1, -0.05) is 29.4 Å². The van der Waals surface area contributed by atoms with E-state index < -0.39 is 29.0 Å². The van der Waals surface area contributed by atoms with Crippen LogP contribution in [0.25, 0.3) is 11.4 Å². The average Bonchev–Trinajstić information content (AvgIpc) is 3.10. The number of carbonyl (C=O) groups excluding carboxylic acids is 1. The fourth-order valence-electron chi connectivity index (χ4n) is 2.44. The van der Waals surface area contributed by atoms with Gasteiger partial charge in [0.25, 0.3) is 0 Å². The van der Waals surface area contributed by atoms with E-state index in [1.807, 2.05) is 0 Å². The number of halogens is 4. The van der Waals surface area contributed by atoms with Crippen LogP contribution < -0.4 is 5.32 Å². The van der Waals surface area contributed by atoms with Gasteiger partial charge in [0, 0.05) is 17.1 Å². The molecule has 1 N–H and O–H groups in total. The minimum Gasteiger partial charge on any atom is -0.323 e. The van der Waals surface area contributed by atoms with Crippen molar-refractivity contribution < 1.29 is 18.0 Å². The normalized spacial score (nSPS) is 10.8. The van der Waals surface area contributed by atoms with E-state index in [1.54, 1.807) is 34.9 Å². The van der Waals surface area contributed by atoms with Crippen LogP contribution in [0.3, 0.4) is 0 Å². The lowest BCUT2D eigenvalue weighted by Crippen LogP contribution is -2.16. The molecular weight excluding hydrogens is 425 g/mol. The molecule has 1 aromatic heterocycles. The van der Waals surface area contributed by atoms with E-state index in [0.717, 1.165) is 29.5 Å². The Hall–Kier alpha value is -2.78. The third kappa shape index (κ3) is 4.80. The highest BCUT2D eigenvalue weighted by Crippen LogP contribution is 2.26. The molecule has 3 rings (SSSR count). The predicted molar refractivity (Wildman–Crippen MR) is 106 cm³/mol. The highest BCUT2D eigenvalue weighted by molar-refractivity contribution is 7.99. The maximum absolute atomic E-state index is 13.7. The molecule has 10 heteroatoms. The van der Waals surface area contributed by atoms with Gasteiger partial charge in [0.15, 0.2) is 28.4 Å². The van der Waals surface area contributed by atoms with Crippen molar-refractivity contribution in [3.8, 4) is 11.4 Å². The third-order valence-corrected chi connectivity index (χ3v) is 4.99. The first-order valence-electron chi connectivity index (χ1n) is 8.27. The monoisotopic (exact) mass is 438 g/mol. The van der Waals surface area contributed by atoms with Gasteiger partial charge in [-0.05, 0) is 36.4 Å². The summed E-state index contributed by atoms with van der Waals surface area (Å²) in [4.78, 5) is 12.1. The molecule has 5 nitrogen and oxygen atoms in total. The number of thioether (sulfide) groups is 1. The largest absolute Gasteiger partial charge is 0.323 e. The van der Waals surface area contributed by atoms with Crippen molar-refractivity contribution in [2.75, 3.05) is 11.1 Å². The van der Waals surface area contributed by atoms with E-state index in [9.17, 15) is 18.0 Å². The molecule has 1 amide bonds. The number of nitrogens with one attached hydrogen (secondary N) is 1. The van der Waals surface area contributed by atoms with Crippen LogP contribution in [0.15, 0.2) is 54.2 Å². The van der Waals surface area contributed by atoms with Gasteiger partial charge in [-0.2, -0.15) is 0 Å². The number of benzene rings is 2. The molecular formula is C19H14ClF3N4OS. The van der Waals surface area contributed by atoms with E-state index in [4.69, 9.17) is 11.6 Å². The molecule has 0 aliphatic carbocycles. The molecule has 0 saturated heterocycles. The molecule has 0 unspecified atom stereocenters. The van der Waals surface area contributed by atoms with Crippen LogP contribution in [0.4, 0.5) is 18.9 Å². The van der Waals surface area contributed by atoms with Crippen molar-refractivity contribution in [2.24, 2.45) is 0 Å². The van der Waals surface area contributed by atoms with Crippen LogP contribution >= 0.6 is 23.4 Å². The Morgan fingerprint density at radius 2 is 1.86 bits per heavy atom. The number of nitrogens with zero attached hydrogens (tertiary/aromatic N) is 3. The zero-order valence-electron chi connectivity index (χ0n) is 14.8. The number of aromatic nitrogens is 3. The lowest BCUT2D eigenvalue weighted by Gasteiger charge is -2.09. The first-order valence-corrected chi connectivity index (χ1v) is 9.63. The Morgan fingerprint density at radius 3 is 2.55 bits per heavy atom. The van der Waals surface area contributed by atoms with Crippen molar-refractivity contribution in [3.63, 3.8) is 0 Å². The highest BCUT2D eigenvalue weighted by atomic mass is 35.5. The molecule has 1 heterocycles. The summed E-state index contributed by atoms with van der Waals surface area (Å²) < 4.78 is 41.7. The summed E-state index contributed by atoms with van der Waals surface area (Å²) in [5, 5.41) is 11.5. The van der Waals surface area contributed by atoms with Crippen molar-refractivity contribution in [1.82, 2.24) is 14.8 Å². The molecule has 0 spiro atoms. The topological polar surface area (TPSA) is 59.8 Å². The second kappa shape index (κ2) is 9.15. The Morgan fingerprint density at radius 1 is 1.14 bits per heavy atom. The fraction of sp³-hybridized carbons (Fsp3) is 0.105. The number of rotatable bonds is 7. The van der Waals surface area contributed by atoms with Crippen LogP contribution in [0, 0.1) is 17.5 Å². The molecule has 0 atom stereocenters. The zero-order chi connectivity index (χ0) is 21.0. The maximum atomic E-state index is 13.7. The molecule has 2 aromatic carbocycles. The molecule has 0 aliphatic rings. The number of amides is 1. The van der Waals surface area contributed by atoms with Gasteiger partial charge in [-0.3, -0.25) is 9.36 Å². The first-order chi connectivity index (χ1) is 13.9. The molecule has 0 fully saturated rings. The Balaban J connectivity index is 1.73. The Labute approximate surface area is 173 Å². The summed E-state index contributed by atoms with van der Waals surface area (Å²) in [5.74, 6) is -4.62. The number of hydrogen-bond acceptors (Lipinski definition) is 4. The van der Waals surface area contributed by atoms with Crippen LogP contribution in [-0.2, 0) is 11.3 Å². The van der Waals surface area contributed by atoms with Gasteiger partial charge in [-0.25, -0.2) is 13.2 Å². The van der Waals surface area contributed by atoms with Crippen molar-refractivity contribution >= 4 is 35.0 Å². The number of hydrogen-bond donors (Lipinski definition) is 1. The lowest BCUT2D eigenvalue weighted by molar-refractivity contribution is -0.113. The lowest BCUT2D eigenvalue weighted by atomic mass is 10.2. The summed E-state index contributed by atoms with van der Waals surface area (Å²) >= 11 is 6.97. The standard InChI is InChI=1S/C19H14ClF3N4OS/c1-2-9-27-18(11-3-5-12(20)6-4-11)25-26-19(27)29-10-15(28)24-14-8-7-13(21)16(22)17(14)23/h2-8H,1,9-10H2,(H,24,28). The predicted octanol–water partition coefficient (Wildman–Crippen LogP) is 4.93. The number of allylic oxidation sites excluding steroid dienone is 1. The van der Waals surface area contributed by atoms with Crippen LogP contribution in [0.5, 0.6) is 0 Å². The number of anilines is 1. The minimum absolute atomic E-state index is 0.145. The molecule has 0 saturated carbocycles. The third-order valence-electron chi connectivity index (χ3n) is 3.77. The fourth-order valence-corrected chi connectivity index (χ4v) is 3.31. The summed E-state index contributed by atoms with van der Waals surface area (Å²) in [6.07, 6.45) is 1.66. The van der Waals surface area contributed by atoms with E-state index in [2.05, 4.69) is 22.1 Å². The maximum Gasteiger partial charge on any atom is 0.234 e. The summed E-state index contributed by atoms with van der Waals surface area (Å²) in [7, 11) is 0. The van der Waals surface area contributed by atoms with Gasteiger partial charge in [0.1, 0.15) is 0 Å². The van der Waals surface area contributed by atoms with Gasteiger partial charge < -0.3 is 5.32 Å². The van der Waals surface area contributed by atoms with Gasteiger partial charge >= 0.3 is 0 Å². The van der Waals surface area contributed by atoms with Crippen LogP contribution in [0.1, 0.15) is 0 Å². The molecule has 29 heavy (non-hydrogen) atoms. The van der Waals surface area contributed by atoms with E-state index in [1.165, 1.54) is 0 Å². The van der Waals surface area contributed by atoms with Crippen LogP contribution in [-0.4, -0.2) is 26.4 Å². The molecule has 150 valence electrons. The second-order valence-electron chi connectivity index (χ2n) is 5.77. The van der Waals surface area contributed by atoms with Gasteiger partial charge in [-0.15, -0.1) is 16.8 Å². The van der Waals surface area contributed by atoms with Crippen molar-refractivity contribution in [1.29, 1.82) is 0 Å². The van der Waals surface area contributed by atoms with Gasteiger partial charge in [0.2, 0.25) is 5.91 Å². The smallest absolute Gasteiger partial charge is 0.234 e. The Kier molecular flexibility index (Phi) is 6.60. The van der Waals surface area contributed by atoms with E-state index >= 15 is 0 Å². The summed E-state index contributed by atoms with van der Waals surface area (Å²) in [5.41, 5.74) is 0.341. The average molecular weight is 439 g/mol. The molecule has 3 aromatic rings. The molecule has 0 aliphatic heterocycles. The van der Waals surface area contributed by atoms with Crippen molar-refractivity contribution in [3.05, 3.63) is 71.5 Å². The highest BCUT2D eigenvalue weighted by Gasteiger charge is 2.17. The molecule has 0 bridgehead atoms. The summed E-state index contributed by atoms with van der Waals surface area (Å²) in [6, 6.07) is 8.72.